The molecule has 380 valence electrons. The van der Waals surface area contributed by atoms with E-state index in [2.05, 4.69) is 124 Å². The Morgan fingerprint density at radius 3 is 0.662 bits per heavy atom. The van der Waals surface area contributed by atoms with Gasteiger partial charge in [0, 0.05) is 0 Å². The number of benzene rings is 3. The van der Waals surface area contributed by atoms with Gasteiger partial charge in [-0.15, -0.1) is 5.19 Å². The van der Waals surface area contributed by atoms with E-state index in [1.807, 2.05) is 0 Å². The fraction of sp³-hybridized carbons (Fsp3) is 0.635. The first-order chi connectivity index (χ1) is 31.2. The quantitative estimate of drug-likeness (QED) is 0.0195. The standard InChI is InChI=1S/C63H99Si.3ClH.Ti/c1-11-17-23-29-35-54-41-55(36-30-24-18-12-2)45-60(44-54)64(63-52(9)50(7)51(8)53(63)10,61-46-56(37-31-25-19-13-3)42-57(47-61)38-32-26-20-14-4)62-48-58(39-33-27-21-15-5)43-59(49-62)40-34-28-22-16-6;;;;/h41-49H,11-40H2,1-10H3;3*1H;/q-1;;;;+4/p-3. The summed E-state index contributed by atoms with van der Waals surface area (Å²) in [5.41, 5.74) is 15.7. The van der Waals surface area contributed by atoms with Gasteiger partial charge in [0.05, 0.1) is 0 Å². The molecule has 0 aliphatic heterocycles. The molecular formula is C63H99Cl3SiTi. The van der Waals surface area contributed by atoms with E-state index in [1.54, 1.807) is 65.3 Å². The van der Waals surface area contributed by atoms with Crippen LogP contribution in [-0.2, 0) is 60.2 Å². The van der Waals surface area contributed by atoms with Gasteiger partial charge in [0.1, 0.15) is 8.07 Å². The van der Waals surface area contributed by atoms with Crippen LogP contribution >= 0.6 is 0 Å². The second-order valence-corrected chi connectivity index (χ2v) is 24.3. The van der Waals surface area contributed by atoms with Crippen LogP contribution in [0.5, 0.6) is 0 Å². The number of unbranched alkanes of at least 4 members (excludes halogenated alkanes) is 18. The maximum Gasteiger partial charge on any atom is 4.00 e. The number of hydrogen-bond donors (Lipinski definition) is 0. The van der Waals surface area contributed by atoms with Crippen LogP contribution in [0.1, 0.15) is 251 Å². The Morgan fingerprint density at radius 2 is 0.485 bits per heavy atom. The average Bonchev–Trinajstić information content (AvgIpc) is 3.49. The van der Waals surface area contributed by atoms with E-state index >= 15 is 0 Å². The first-order valence-corrected chi connectivity index (χ1v) is 29.8. The topological polar surface area (TPSA) is 0 Å². The minimum atomic E-state index is -2.91. The molecule has 0 aliphatic rings. The van der Waals surface area contributed by atoms with Gasteiger partial charge in [-0.05, 0) is 110 Å². The molecule has 0 nitrogen and oxygen atoms in total. The van der Waals surface area contributed by atoms with Gasteiger partial charge in [-0.3, -0.25) is 0 Å². The molecule has 0 atom stereocenters. The number of halogens is 3. The smallest absolute Gasteiger partial charge is 1.00 e. The van der Waals surface area contributed by atoms with Crippen LogP contribution in [0.2, 0.25) is 0 Å². The van der Waals surface area contributed by atoms with E-state index in [0.29, 0.717) is 0 Å². The third kappa shape index (κ3) is 20.0. The monoisotopic (exact) mass is 1040 g/mol. The van der Waals surface area contributed by atoms with Gasteiger partial charge in [-0.25, -0.2) is 0 Å². The second-order valence-electron chi connectivity index (χ2n) is 20.6. The van der Waals surface area contributed by atoms with Gasteiger partial charge in [-0.1, -0.05) is 255 Å². The van der Waals surface area contributed by atoms with Crippen LogP contribution in [0.3, 0.4) is 0 Å². The summed E-state index contributed by atoms with van der Waals surface area (Å²) in [5.74, 6) is 0. The molecule has 0 saturated heterocycles. The van der Waals surface area contributed by atoms with Crippen molar-refractivity contribution in [1.82, 2.24) is 0 Å². The van der Waals surface area contributed by atoms with Crippen molar-refractivity contribution in [2.75, 3.05) is 0 Å². The molecule has 0 bridgehead atoms. The maximum atomic E-state index is 2.80. The van der Waals surface area contributed by atoms with Crippen LogP contribution in [0.25, 0.3) is 0 Å². The van der Waals surface area contributed by atoms with E-state index in [9.17, 15) is 0 Å². The predicted molar refractivity (Wildman–Crippen MR) is 292 cm³/mol. The average molecular weight is 1040 g/mol. The minimum absolute atomic E-state index is 0. The molecule has 5 heteroatoms. The summed E-state index contributed by atoms with van der Waals surface area (Å²) in [6, 6.07) is 24.8. The molecule has 4 aromatic carbocycles. The zero-order valence-electron chi connectivity index (χ0n) is 45.5. The van der Waals surface area contributed by atoms with Gasteiger partial charge >= 0.3 is 21.7 Å². The molecule has 0 N–H and O–H groups in total. The van der Waals surface area contributed by atoms with E-state index in [1.165, 1.54) is 204 Å². The Bertz CT molecular complexity index is 1640. The van der Waals surface area contributed by atoms with Crippen molar-refractivity contribution < 1.29 is 58.9 Å². The van der Waals surface area contributed by atoms with Crippen molar-refractivity contribution in [2.45, 2.75) is 262 Å². The minimum Gasteiger partial charge on any atom is -1.00 e. The van der Waals surface area contributed by atoms with Crippen molar-refractivity contribution in [2.24, 2.45) is 0 Å². The van der Waals surface area contributed by atoms with Gasteiger partial charge in [0.2, 0.25) is 0 Å². The zero-order chi connectivity index (χ0) is 46.2. The normalized spacial score (nSPS) is 11.2. The Morgan fingerprint density at radius 1 is 0.294 bits per heavy atom. The van der Waals surface area contributed by atoms with Crippen LogP contribution < -0.4 is 58.0 Å². The number of rotatable bonds is 34. The second kappa shape index (κ2) is 37.5. The van der Waals surface area contributed by atoms with E-state index in [0.717, 1.165) is 0 Å². The molecule has 0 amide bonds. The molecule has 0 unspecified atom stereocenters. The van der Waals surface area contributed by atoms with Gasteiger partial charge < -0.3 is 37.2 Å². The fourth-order valence-corrected chi connectivity index (χ4v) is 16.8. The SMILES string of the molecule is CCCCCCc1cc(CCCCCC)cc([Si](c2cc(CCCCCC)cc(CCCCCC)c2)(c2cc(CCCCCC)cc(CCCCCC)c2)[c-]2c(C)c(C)c(C)c2C)c1.[Cl-].[Cl-].[Cl-].[Ti+4]. The first-order valence-electron chi connectivity index (χ1n) is 27.8. The molecule has 0 aliphatic carbocycles. The van der Waals surface area contributed by atoms with Gasteiger partial charge in [0.25, 0.3) is 0 Å². The summed E-state index contributed by atoms with van der Waals surface area (Å²) in [6.45, 7) is 24.1. The van der Waals surface area contributed by atoms with Crippen molar-refractivity contribution >= 4 is 28.8 Å². The molecular weight excluding hydrogens is 939 g/mol. The number of aryl methyl sites for hydroxylation is 6. The molecule has 0 aromatic heterocycles. The van der Waals surface area contributed by atoms with Crippen molar-refractivity contribution in [3.05, 3.63) is 110 Å². The fourth-order valence-electron chi connectivity index (χ4n) is 11.1. The third-order valence-electron chi connectivity index (χ3n) is 15.2. The van der Waals surface area contributed by atoms with Gasteiger partial charge in [0.15, 0.2) is 0 Å². The summed E-state index contributed by atoms with van der Waals surface area (Å²) < 4.78 is 0. The van der Waals surface area contributed by atoms with Crippen LogP contribution in [0.15, 0.2) is 54.6 Å². The predicted octanol–water partition coefficient (Wildman–Crippen LogP) is 7.76. The Hall–Kier alpha value is -1.19. The molecule has 0 heterocycles. The molecule has 0 radical (unpaired) electrons. The summed E-state index contributed by atoms with van der Waals surface area (Å²) in [5, 5.41) is 6.72. The summed E-state index contributed by atoms with van der Waals surface area (Å²) in [7, 11) is -2.91. The van der Waals surface area contributed by atoms with Crippen molar-refractivity contribution in [3.63, 3.8) is 0 Å². The molecule has 0 saturated carbocycles. The van der Waals surface area contributed by atoms with E-state index in [4.69, 9.17) is 0 Å². The first kappa shape index (κ1) is 66.8. The molecule has 4 rings (SSSR count). The Labute approximate surface area is 456 Å². The molecule has 4 aromatic rings. The summed E-state index contributed by atoms with van der Waals surface area (Å²) >= 11 is 0. The van der Waals surface area contributed by atoms with E-state index in [-0.39, 0.29) is 58.9 Å². The summed E-state index contributed by atoms with van der Waals surface area (Å²) in [4.78, 5) is 0. The molecule has 0 fully saturated rings. The summed E-state index contributed by atoms with van der Waals surface area (Å²) in [6.07, 6.45) is 38.6. The third-order valence-corrected chi connectivity index (χ3v) is 20.1. The van der Waals surface area contributed by atoms with Crippen LogP contribution in [0, 0.1) is 27.7 Å². The van der Waals surface area contributed by atoms with Crippen molar-refractivity contribution in [1.29, 1.82) is 0 Å². The zero-order valence-corrected chi connectivity index (χ0v) is 50.4. The maximum absolute atomic E-state index is 2.91. The Balaban J connectivity index is 0.0000112. The van der Waals surface area contributed by atoms with E-state index < -0.39 is 8.07 Å². The molecule has 0 spiro atoms. The largest absolute Gasteiger partial charge is 4.00 e. The Kier molecular flexibility index (Phi) is 36.9. The van der Waals surface area contributed by atoms with Crippen molar-refractivity contribution in [3.8, 4) is 0 Å². The van der Waals surface area contributed by atoms with Crippen LogP contribution in [0.4, 0.5) is 0 Å². The number of hydrogen-bond acceptors (Lipinski definition) is 0. The van der Waals surface area contributed by atoms with Crippen LogP contribution in [-0.4, -0.2) is 8.07 Å². The molecule has 68 heavy (non-hydrogen) atoms. The van der Waals surface area contributed by atoms with Gasteiger partial charge in [-0.2, -0.15) is 22.3 Å².